The Morgan fingerprint density at radius 3 is 1.89 bits per heavy atom. The molecule has 1 fully saturated rings. The first-order valence-corrected chi connectivity index (χ1v) is 7.10. The van der Waals surface area contributed by atoms with E-state index < -0.39 is 0 Å². The number of hydrogen-bond acceptors (Lipinski definition) is 2. The van der Waals surface area contributed by atoms with Crippen LogP contribution in [0, 0.1) is 0 Å². The molecule has 0 N–H and O–H groups in total. The van der Waals surface area contributed by atoms with Crippen LogP contribution < -0.4 is 9.47 Å². The molecular weight excluding hydrogens is 224 g/mol. The molecule has 1 aliphatic rings. The Hall–Kier alpha value is -1.18. The molecule has 2 nitrogen and oxygen atoms in total. The fourth-order valence-electron chi connectivity index (χ4n) is 2.28. The largest absolute Gasteiger partial charge is 0.493 e. The minimum absolute atomic E-state index is 0.497. The minimum atomic E-state index is 0.497. The molecule has 18 heavy (non-hydrogen) atoms. The van der Waals surface area contributed by atoms with Crippen molar-refractivity contribution < 1.29 is 9.47 Å². The number of benzene rings is 1. The molecular formula is C16H24O2. The molecule has 1 aliphatic carbocycles. The molecule has 0 saturated heterocycles. The van der Waals surface area contributed by atoms with E-state index in [0.29, 0.717) is 25.0 Å². The van der Waals surface area contributed by atoms with Crippen LogP contribution in [0.3, 0.4) is 0 Å². The molecule has 0 spiro atoms. The summed E-state index contributed by atoms with van der Waals surface area (Å²) in [5.41, 5.74) is 2.59. The monoisotopic (exact) mass is 248 g/mol. The lowest BCUT2D eigenvalue weighted by molar-refractivity contribution is 0.315. The first kappa shape index (κ1) is 13.3. The third-order valence-electron chi connectivity index (χ3n) is 3.38. The van der Waals surface area contributed by atoms with Crippen LogP contribution in [0.4, 0.5) is 0 Å². The summed E-state index contributed by atoms with van der Waals surface area (Å²) in [7, 11) is 0. The van der Waals surface area contributed by atoms with Crippen LogP contribution in [-0.2, 0) is 0 Å². The topological polar surface area (TPSA) is 18.5 Å². The molecule has 1 aromatic rings. The second-order valence-corrected chi connectivity index (χ2v) is 5.23. The van der Waals surface area contributed by atoms with E-state index in [9.17, 15) is 0 Å². The second kappa shape index (κ2) is 5.64. The van der Waals surface area contributed by atoms with E-state index in [2.05, 4.69) is 26.0 Å². The predicted octanol–water partition coefficient (Wildman–Crippen LogP) is 4.48. The molecule has 0 heterocycles. The maximum Gasteiger partial charge on any atom is 0.126 e. The first-order chi connectivity index (χ1) is 8.67. The molecule has 2 rings (SSSR count). The summed E-state index contributed by atoms with van der Waals surface area (Å²) in [6.45, 7) is 9.92. The van der Waals surface area contributed by atoms with E-state index in [1.54, 1.807) is 0 Å². The Morgan fingerprint density at radius 1 is 1.06 bits per heavy atom. The van der Waals surface area contributed by atoms with Crippen molar-refractivity contribution in [2.45, 2.75) is 52.4 Å². The van der Waals surface area contributed by atoms with Crippen molar-refractivity contribution in [1.82, 2.24) is 0 Å². The fraction of sp³-hybridized carbons (Fsp3) is 0.625. The van der Waals surface area contributed by atoms with Crippen molar-refractivity contribution in [3.8, 4) is 11.5 Å². The maximum atomic E-state index is 5.84. The first-order valence-electron chi connectivity index (χ1n) is 7.10. The van der Waals surface area contributed by atoms with Gasteiger partial charge in [-0.3, -0.25) is 0 Å². The number of rotatable bonds is 6. The molecule has 100 valence electrons. The van der Waals surface area contributed by atoms with Gasteiger partial charge in [-0.25, -0.2) is 0 Å². The Labute approximate surface area is 110 Å². The lowest BCUT2D eigenvalue weighted by atomic mass is 9.98. The van der Waals surface area contributed by atoms with Gasteiger partial charge in [0.2, 0.25) is 0 Å². The maximum absolute atomic E-state index is 5.84. The molecule has 0 unspecified atom stereocenters. The molecule has 0 atom stereocenters. The highest BCUT2D eigenvalue weighted by Gasteiger charge is 2.31. The van der Waals surface area contributed by atoms with Gasteiger partial charge in [-0.05, 0) is 56.2 Å². The van der Waals surface area contributed by atoms with Gasteiger partial charge < -0.3 is 9.47 Å². The van der Waals surface area contributed by atoms with E-state index in [-0.39, 0.29) is 0 Å². The van der Waals surface area contributed by atoms with Gasteiger partial charge in [-0.2, -0.15) is 0 Å². The van der Waals surface area contributed by atoms with E-state index >= 15 is 0 Å². The van der Waals surface area contributed by atoms with Crippen LogP contribution in [0.15, 0.2) is 12.1 Å². The SMILES string of the molecule is CCOc1cc(C(C)C)cc(OCC)c1C1CC1. The molecule has 0 bridgehead atoms. The summed E-state index contributed by atoms with van der Waals surface area (Å²) in [5, 5.41) is 0. The van der Waals surface area contributed by atoms with Crippen LogP contribution in [0.5, 0.6) is 11.5 Å². The van der Waals surface area contributed by atoms with E-state index in [1.807, 2.05) is 13.8 Å². The summed E-state index contributed by atoms with van der Waals surface area (Å²) in [5.74, 6) is 3.22. The van der Waals surface area contributed by atoms with E-state index in [4.69, 9.17) is 9.47 Å². The lowest BCUT2D eigenvalue weighted by Gasteiger charge is -2.18. The van der Waals surface area contributed by atoms with Gasteiger partial charge in [0.25, 0.3) is 0 Å². The third kappa shape index (κ3) is 2.80. The van der Waals surface area contributed by atoms with E-state index in [0.717, 1.165) is 11.5 Å². The Kier molecular flexibility index (Phi) is 4.15. The van der Waals surface area contributed by atoms with Crippen molar-refractivity contribution in [3.63, 3.8) is 0 Å². The fourth-order valence-corrected chi connectivity index (χ4v) is 2.28. The van der Waals surface area contributed by atoms with Gasteiger partial charge in [-0.15, -0.1) is 0 Å². The van der Waals surface area contributed by atoms with Crippen molar-refractivity contribution in [2.75, 3.05) is 13.2 Å². The summed E-state index contributed by atoms with van der Waals surface area (Å²) in [6.07, 6.45) is 2.53. The average molecular weight is 248 g/mol. The van der Waals surface area contributed by atoms with Crippen LogP contribution in [-0.4, -0.2) is 13.2 Å². The molecule has 1 saturated carbocycles. The molecule has 0 aromatic heterocycles. The van der Waals surface area contributed by atoms with Crippen LogP contribution in [0.25, 0.3) is 0 Å². The molecule has 2 heteroatoms. The van der Waals surface area contributed by atoms with Gasteiger partial charge in [-0.1, -0.05) is 13.8 Å². The standard InChI is InChI=1S/C16H24O2/c1-5-17-14-9-13(11(3)4)10-15(18-6-2)16(14)12-7-8-12/h9-12H,5-8H2,1-4H3. The Balaban J connectivity index is 2.45. The summed E-state index contributed by atoms with van der Waals surface area (Å²) in [4.78, 5) is 0. The van der Waals surface area contributed by atoms with Crippen molar-refractivity contribution >= 4 is 0 Å². The van der Waals surface area contributed by atoms with Gasteiger partial charge in [0.15, 0.2) is 0 Å². The second-order valence-electron chi connectivity index (χ2n) is 5.23. The Morgan fingerprint density at radius 2 is 1.56 bits per heavy atom. The normalized spacial score (nSPS) is 14.9. The molecule has 0 radical (unpaired) electrons. The Bertz CT molecular complexity index is 379. The van der Waals surface area contributed by atoms with Gasteiger partial charge in [0, 0.05) is 5.56 Å². The highest BCUT2D eigenvalue weighted by Crippen LogP contribution is 2.49. The van der Waals surface area contributed by atoms with Crippen LogP contribution >= 0.6 is 0 Å². The summed E-state index contributed by atoms with van der Waals surface area (Å²) >= 11 is 0. The molecule has 0 aliphatic heterocycles. The highest BCUT2D eigenvalue weighted by molar-refractivity contribution is 5.52. The third-order valence-corrected chi connectivity index (χ3v) is 3.38. The van der Waals surface area contributed by atoms with Crippen LogP contribution in [0.1, 0.15) is 63.5 Å². The zero-order valence-electron chi connectivity index (χ0n) is 12.0. The van der Waals surface area contributed by atoms with Gasteiger partial charge in [0.1, 0.15) is 11.5 Å². The quantitative estimate of drug-likeness (QED) is 0.738. The molecule has 1 aromatic carbocycles. The van der Waals surface area contributed by atoms with Crippen molar-refractivity contribution in [3.05, 3.63) is 23.3 Å². The predicted molar refractivity (Wildman–Crippen MR) is 74.8 cm³/mol. The zero-order valence-corrected chi connectivity index (χ0v) is 12.0. The summed E-state index contributed by atoms with van der Waals surface area (Å²) in [6, 6.07) is 4.40. The highest BCUT2D eigenvalue weighted by atomic mass is 16.5. The average Bonchev–Trinajstić information content (AvgIpc) is 3.13. The smallest absolute Gasteiger partial charge is 0.126 e. The van der Waals surface area contributed by atoms with Crippen LogP contribution in [0.2, 0.25) is 0 Å². The molecule has 0 amide bonds. The summed E-state index contributed by atoms with van der Waals surface area (Å²) < 4.78 is 11.7. The van der Waals surface area contributed by atoms with Gasteiger partial charge in [0.05, 0.1) is 13.2 Å². The van der Waals surface area contributed by atoms with Crippen molar-refractivity contribution in [1.29, 1.82) is 0 Å². The van der Waals surface area contributed by atoms with Gasteiger partial charge >= 0.3 is 0 Å². The van der Waals surface area contributed by atoms with Crippen molar-refractivity contribution in [2.24, 2.45) is 0 Å². The minimum Gasteiger partial charge on any atom is -0.493 e. The number of hydrogen-bond donors (Lipinski definition) is 0. The zero-order chi connectivity index (χ0) is 13.1. The number of ether oxygens (including phenoxy) is 2. The lowest BCUT2D eigenvalue weighted by Crippen LogP contribution is -2.03. The van der Waals surface area contributed by atoms with E-state index in [1.165, 1.54) is 24.0 Å².